The Balaban J connectivity index is 0.745. The molecule has 0 spiro atoms. The number of alkyl halides is 2. The highest BCUT2D eigenvalue weighted by Gasteiger charge is 2.64. The van der Waals surface area contributed by atoms with E-state index in [1.54, 1.807) is 67.7 Å². The molecule has 71 heavy (non-hydrogen) atoms. The smallest absolute Gasteiger partial charge is 0.264 e. The van der Waals surface area contributed by atoms with Gasteiger partial charge in [-0.2, -0.15) is 15.5 Å². The van der Waals surface area contributed by atoms with Crippen molar-refractivity contribution in [1.82, 2.24) is 39.7 Å². The van der Waals surface area contributed by atoms with Crippen molar-refractivity contribution in [2.24, 2.45) is 17.9 Å². The number of halogens is 3. The van der Waals surface area contributed by atoms with Crippen LogP contribution in [0.3, 0.4) is 0 Å². The molecule has 1 N–H and O–H groups in total. The van der Waals surface area contributed by atoms with E-state index < -0.39 is 17.3 Å². The van der Waals surface area contributed by atoms with Gasteiger partial charge in [-0.15, -0.1) is 0 Å². The summed E-state index contributed by atoms with van der Waals surface area (Å²) in [5, 5.41) is 22.4. The molecule has 2 saturated carbocycles. The molecule has 1 saturated heterocycles. The lowest BCUT2D eigenvalue weighted by molar-refractivity contribution is -0.164. The summed E-state index contributed by atoms with van der Waals surface area (Å²) < 4.78 is 46.5. The van der Waals surface area contributed by atoms with Crippen LogP contribution in [-0.4, -0.2) is 96.8 Å². The van der Waals surface area contributed by atoms with Gasteiger partial charge in [0.2, 0.25) is 11.9 Å². The molecule has 2 amide bonds. The second-order valence-corrected chi connectivity index (χ2v) is 21.6. The van der Waals surface area contributed by atoms with E-state index in [1.165, 1.54) is 0 Å². The van der Waals surface area contributed by atoms with E-state index in [-0.39, 0.29) is 47.8 Å². The van der Waals surface area contributed by atoms with Gasteiger partial charge < -0.3 is 29.5 Å². The number of nitrogens with one attached hydrogen (secondary N) is 1. The SMILES string of the molecule is CC(=O)N1CCc2c(c(N3CCCc4cc(-c5cnn(C)c5)c(C(F)F)cc43)nn2C2CCC(OC3CCN(c4ncc(C(=O)NC5C(C)(C)C(Oc6ccc(C#N)c(Cl)c6)C5(C)C)cn4)CC3)CC2)C1. The predicted octanol–water partition coefficient (Wildman–Crippen LogP) is 9.31. The molecule has 15 nitrogen and oxygen atoms in total. The molecular weight excluding hydrogens is 928 g/mol. The molecule has 3 aliphatic heterocycles. The molecule has 6 heterocycles. The fourth-order valence-corrected chi connectivity index (χ4v) is 12.6. The summed E-state index contributed by atoms with van der Waals surface area (Å²) in [6.07, 6.45) is 11.6. The minimum atomic E-state index is -2.67. The Labute approximate surface area is 418 Å². The van der Waals surface area contributed by atoms with Crippen molar-refractivity contribution in [1.29, 1.82) is 5.26 Å². The van der Waals surface area contributed by atoms with Gasteiger partial charge in [-0.1, -0.05) is 39.3 Å². The molecule has 5 aliphatic rings. The van der Waals surface area contributed by atoms with Crippen molar-refractivity contribution in [2.75, 3.05) is 36.0 Å². The summed E-state index contributed by atoms with van der Waals surface area (Å²) in [6.45, 7) is 13.1. The summed E-state index contributed by atoms with van der Waals surface area (Å²) in [6, 6.07) is 10.7. The van der Waals surface area contributed by atoms with Gasteiger partial charge in [-0.05, 0) is 86.8 Å². The number of hydrogen-bond donors (Lipinski definition) is 1. The van der Waals surface area contributed by atoms with E-state index in [0.717, 1.165) is 92.8 Å². The van der Waals surface area contributed by atoms with Crippen molar-refractivity contribution >= 4 is 40.9 Å². The number of anilines is 3. The number of rotatable bonds is 11. The highest BCUT2D eigenvalue weighted by atomic mass is 35.5. The number of nitriles is 1. The monoisotopic (exact) mass is 989 g/mol. The lowest BCUT2D eigenvalue weighted by atomic mass is 9.49. The third-order valence-corrected chi connectivity index (χ3v) is 16.1. The molecule has 374 valence electrons. The first kappa shape index (κ1) is 48.5. The first-order chi connectivity index (χ1) is 34.0. The average molecular weight is 991 g/mol. The number of ether oxygens (including phenoxy) is 2. The minimum Gasteiger partial charge on any atom is -0.489 e. The molecule has 0 bridgehead atoms. The van der Waals surface area contributed by atoms with Crippen LogP contribution in [0.1, 0.15) is 130 Å². The van der Waals surface area contributed by atoms with Gasteiger partial charge in [0, 0.05) is 116 Å². The molecule has 2 aromatic carbocycles. The zero-order chi connectivity index (χ0) is 49.9. The second-order valence-electron chi connectivity index (χ2n) is 21.2. The number of hydrogen-bond acceptors (Lipinski definition) is 11. The van der Waals surface area contributed by atoms with Crippen LogP contribution in [0.15, 0.2) is 55.1 Å². The summed E-state index contributed by atoms with van der Waals surface area (Å²) in [7, 11) is 1.78. The van der Waals surface area contributed by atoms with Crippen LogP contribution in [0.5, 0.6) is 5.75 Å². The Bertz CT molecular complexity index is 2840. The fraction of sp³-hybridized carbons (Fsp3) is 0.528. The van der Waals surface area contributed by atoms with Crippen molar-refractivity contribution in [3.8, 4) is 22.9 Å². The summed E-state index contributed by atoms with van der Waals surface area (Å²) in [5.74, 6) is 1.70. The lowest BCUT2D eigenvalue weighted by Crippen LogP contribution is -2.74. The molecule has 3 aromatic heterocycles. The largest absolute Gasteiger partial charge is 0.489 e. The topological polar surface area (TPSA) is 160 Å². The van der Waals surface area contributed by atoms with Gasteiger partial charge in [0.15, 0.2) is 5.82 Å². The second kappa shape index (κ2) is 19.1. The van der Waals surface area contributed by atoms with Crippen molar-refractivity contribution in [3.63, 3.8) is 0 Å². The van der Waals surface area contributed by atoms with Crippen LogP contribution in [0.4, 0.5) is 26.2 Å². The fourth-order valence-electron chi connectivity index (χ4n) is 12.4. The molecule has 0 atom stereocenters. The van der Waals surface area contributed by atoms with E-state index in [1.807, 2.05) is 11.0 Å². The zero-order valence-electron chi connectivity index (χ0n) is 41.3. The third-order valence-electron chi connectivity index (χ3n) is 15.8. The number of carbonyl (C=O) groups excluding carboxylic acids is 2. The van der Waals surface area contributed by atoms with Gasteiger partial charge >= 0.3 is 0 Å². The van der Waals surface area contributed by atoms with E-state index >= 15 is 0 Å². The standard InChI is InChI=1S/C53H62ClF2N11O4/c1-31(68)65-21-17-44-42(30-65)47(66-18-7-8-32-22-40(35-28-60-63(6)29-35)41(46(55)56)24-45(32)66)62-67(44)36-10-13-37(14-11-36)70-38-15-19-64(20-16-38)51-58-26-34(27-59-51)48(69)61-49-52(2,3)50(53(49,4)5)71-39-12-9-33(25-57)43(54)23-39/h9,12,22-24,26-29,36-38,46,49-50H,7-8,10-11,13-21,30H2,1-6H3,(H,61,69). The zero-order valence-corrected chi connectivity index (χ0v) is 42.1. The van der Waals surface area contributed by atoms with Crippen LogP contribution in [0.2, 0.25) is 5.02 Å². The summed E-state index contributed by atoms with van der Waals surface area (Å²) in [5.41, 5.74) is 5.03. The number of amides is 2. The van der Waals surface area contributed by atoms with Crippen LogP contribution >= 0.6 is 11.6 Å². The normalized spacial score (nSPS) is 22.9. The van der Waals surface area contributed by atoms with Crippen LogP contribution in [0.25, 0.3) is 11.1 Å². The Kier molecular flexibility index (Phi) is 13.1. The highest BCUT2D eigenvalue weighted by molar-refractivity contribution is 6.31. The number of aryl methyl sites for hydroxylation is 2. The summed E-state index contributed by atoms with van der Waals surface area (Å²) in [4.78, 5) is 41.6. The molecule has 10 rings (SSSR count). The number of benzene rings is 2. The van der Waals surface area contributed by atoms with E-state index in [0.29, 0.717) is 65.0 Å². The van der Waals surface area contributed by atoms with Crippen LogP contribution in [-0.2, 0) is 36.0 Å². The number of nitrogens with zero attached hydrogens (tertiary/aromatic N) is 10. The first-order valence-corrected chi connectivity index (χ1v) is 25.3. The van der Waals surface area contributed by atoms with Crippen LogP contribution < -0.4 is 19.9 Å². The van der Waals surface area contributed by atoms with Gasteiger partial charge in [0.25, 0.3) is 12.3 Å². The van der Waals surface area contributed by atoms with E-state index in [4.69, 9.17) is 26.2 Å². The molecule has 0 radical (unpaired) electrons. The molecule has 2 aliphatic carbocycles. The van der Waals surface area contributed by atoms with Crippen molar-refractivity contribution < 1.29 is 27.8 Å². The first-order valence-electron chi connectivity index (χ1n) is 25.0. The Morgan fingerprint density at radius 2 is 1.65 bits per heavy atom. The molecule has 0 unspecified atom stereocenters. The highest BCUT2D eigenvalue weighted by Crippen LogP contribution is 2.56. The Hall–Kier alpha value is -6.12. The lowest BCUT2D eigenvalue weighted by Gasteiger charge is -2.63. The molecule has 18 heteroatoms. The minimum absolute atomic E-state index is 0.0112. The maximum Gasteiger partial charge on any atom is 0.264 e. The Morgan fingerprint density at radius 1 is 0.930 bits per heavy atom. The molecular formula is C53H62ClF2N11O4. The van der Waals surface area contributed by atoms with Crippen molar-refractivity contribution in [3.05, 3.63) is 93.7 Å². The number of piperidine rings is 1. The third kappa shape index (κ3) is 9.22. The van der Waals surface area contributed by atoms with E-state index in [2.05, 4.69) is 68.6 Å². The molecule has 5 aromatic rings. The average Bonchev–Trinajstić information content (AvgIpc) is 3.98. The quantitative estimate of drug-likeness (QED) is 0.134. The predicted molar refractivity (Wildman–Crippen MR) is 265 cm³/mol. The number of fused-ring (bicyclic) bond motifs is 2. The van der Waals surface area contributed by atoms with Gasteiger partial charge in [0.05, 0.1) is 47.1 Å². The summed E-state index contributed by atoms with van der Waals surface area (Å²) >= 11 is 6.27. The van der Waals surface area contributed by atoms with Gasteiger partial charge in [0.1, 0.15) is 17.9 Å². The van der Waals surface area contributed by atoms with Crippen LogP contribution in [0, 0.1) is 22.2 Å². The van der Waals surface area contributed by atoms with Gasteiger partial charge in [-0.3, -0.25) is 19.0 Å². The molecule has 3 fully saturated rings. The van der Waals surface area contributed by atoms with Crippen molar-refractivity contribution in [2.45, 2.75) is 136 Å². The maximum absolute atomic E-state index is 14.8. The number of carbonyl (C=O) groups is 2. The van der Waals surface area contributed by atoms with E-state index in [9.17, 15) is 23.6 Å². The number of aromatic nitrogens is 6. The maximum atomic E-state index is 14.8. The van der Waals surface area contributed by atoms with Gasteiger partial charge in [-0.25, -0.2) is 18.7 Å². The Morgan fingerprint density at radius 3 is 2.30 bits per heavy atom.